The summed E-state index contributed by atoms with van der Waals surface area (Å²) in [5, 5.41) is 0. The predicted molar refractivity (Wildman–Crippen MR) is 105 cm³/mol. The van der Waals surface area contributed by atoms with E-state index in [1.807, 2.05) is 6.92 Å². The van der Waals surface area contributed by atoms with Gasteiger partial charge in [0.25, 0.3) is 0 Å². The van der Waals surface area contributed by atoms with Gasteiger partial charge in [-0.25, -0.2) is 0 Å². The van der Waals surface area contributed by atoms with Gasteiger partial charge in [0.2, 0.25) is 0 Å². The van der Waals surface area contributed by atoms with Crippen LogP contribution >= 0.6 is 0 Å². The molecule has 2 fully saturated rings. The van der Waals surface area contributed by atoms with Crippen LogP contribution in [0.4, 0.5) is 0 Å². The normalized spacial score (nSPS) is 27.6. The number of Topliss-reactive ketones (excluding diaryl/α,β-unsaturated/α-hetero) is 2. The third-order valence-corrected chi connectivity index (χ3v) is 7.03. The van der Waals surface area contributed by atoms with E-state index in [4.69, 9.17) is 4.42 Å². The lowest BCUT2D eigenvalue weighted by atomic mass is 9.85. The smallest absolute Gasteiger partial charge is 0.166 e. The highest BCUT2D eigenvalue weighted by Crippen LogP contribution is 2.40. The Bertz CT molecular complexity index is 705. The Morgan fingerprint density at radius 2 is 1.81 bits per heavy atom. The predicted octanol–water partition coefficient (Wildman–Crippen LogP) is 4.65. The average Bonchev–Trinajstić information content (AvgIpc) is 3.06. The van der Waals surface area contributed by atoms with Crippen LogP contribution in [0.15, 0.2) is 4.42 Å². The van der Waals surface area contributed by atoms with Crippen molar-refractivity contribution in [2.75, 3.05) is 6.54 Å². The van der Waals surface area contributed by atoms with E-state index in [9.17, 15) is 9.59 Å². The van der Waals surface area contributed by atoms with Crippen LogP contribution in [-0.2, 0) is 17.6 Å². The van der Waals surface area contributed by atoms with Gasteiger partial charge in [-0.2, -0.15) is 0 Å². The summed E-state index contributed by atoms with van der Waals surface area (Å²) >= 11 is 0. The number of fused-ring (bicyclic) bond motifs is 3. The molecular weight excluding hydrogens is 338 g/mol. The first kappa shape index (κ1) is 18.9. The van der Waals surface area contributed by atoms with Crippen molar-refractivity contribution in [1.29, 1.82) is 0 Å². The summed E-state index contributed by atoms with van der Waals surface area (Å²) in [7, 11) is 0. The van der Waals surface area contributed by atoms with Crippen LogP contribution in [0.5, 0.6) is 0 Å². The van der Waals surface area contributed by atoms with Crippen LogP contribution in [0.3, 0.4) is 0 Å². The van der Waals surface area contributed by atoms with Gasteiger partial charge in [-0.1, -0.05) is 0 Å². The van der Waals surface area contributed by atoms with Crippen molar-refractivity contribution in [3.63, 3.8) is 0 Å². The standard InChI is InChI=1S/C23H33NO3/c1-15(25)14-24-18-10-11-19(24)13-17(12-18)6-5-8-21(26)23-16(2)27-22-9-4-3-7-20(22)23/h17-19H,3-14H2,1-2H3/t17?,18-,19+. The second-order valence-corrected chi connectivity index (χ2v) is 9.05. The first-order chi connectivity index (χ1) is 13.0. The van der Waals surface area contributed by atoms with Crippen molar-refractivity contribution < 1.29 is 14.0 Å². The van der Waals surface area contributed by atoms with Crippen molar-refractivity contribution in [3.05, 3.63) is 22.6 Å². The van der Waals surface area contributed by atoms with E-state index < -0.39 is 0 Å². The van der Waals surface area contributed by atoms with E-state index in [0.29, 0.717) is 25.0 Å². The zero-order chi connectivity index (χ0) is 19.0. The molecule has 3 aliphatic rings. The van der Waals surface area contributed by atoms with E-state index in [0.717, 1.165) is 48.7 Å². The molecule has 4 nitrogen and oxygen atoms in total. The Hall–Kier alpha value is -1.42. The van der Waals surface area contributed by atoms with Crippen LogP contribution in [0.25, 0.3) is 0 Å². The second kappa shape index (κ2) is 7.90. The molecule has 2 bridgehead atoms. The molecule has 1 aromatic heterocycles. The first-order valence-corrected chi connectivity index (χ1v) is 10.9. The SMILES string of the molecule is CC(=O)CN1[C@@H]2CC[C@H]1CC(CCCC(=O)c1c(C)oc3c1CCCC3)C2. The molecule has 0 aromatic carbocycles. The molecule has 1 aromatic rings. The van der Waals surface area contributed by atoms with Crippen molar-refractivity contribution in [1.82, 2.24) is 4.90 Å². The first-order valence-electron chi connectivity index (χ1n) is 10.9. The minimum atomic E-state index is 0.287. The number of furan rings is 1. The second-order valence-electron chi connectivity index (χ2n) is 9.05. The molecule has 1 unspecified atom stereocenters. The van der Waals surface area contributed by atoms with E-state index in [-0.39, 0.29) is 11.6 Å². The third-order valence-electron chi connectivity index (χ3n) is 7.03. The number of piperidine rings is 1. The summed E-state index contributed by atoms with van der Waals surface area (Å²) in [6.07, 6.45) is 12.0. The van der Waals surface area contributed by atoms with Gasteiger partial charge in [0.1, 0.15) is 17.3 Å². The molecule has 0 N–H and O–H groups in total. The largest absolute Gasteiger partial charge is 0.465 e. The Morgan fingerprint density at radius 1 is 1.11 bits per heavy atom. The van der Waals surface area contributed by atoms with Crippen molar-refractivity contribution in [3.8, 4) is 0 Å². The fraction of sp³-hybridized carbons (Fsp3) is 0.739. The number of hydrogen-bond acceptors (Lipinski definition) is 4. The summed E-state index contributed by atoms with van der Waals surface area (Å²) in [5.74, 6) is 3.20. The molecule has 3 atom stereocenters. The number of carbonyl (C=O) groups is 2. The van der Waals surface area contributed by atoms with Gasteiger partial charge in [0.05, 0.1) is 12.1 Å². The molecule has 0 spiro atoms. The van der Waals surface area contributed by atoms with E-state index >= 15 is 0 Å². The number of rotatable bonds is 7. The van der Waals surface area contributed by atoms with Gasteiger partial charge in [0, 0.05) is 30.5 Å². The van der Waals surface area contributed by atoms with Crippen LogP contribution in [0.1, 0.15) is 92.2 Å². The minimum Gasteiger partial charge on any atom is -0.465 e. The summed E-state index contributed by atoms with van der Waals surface area (Å²) in [6.45, 7) is 4.28. The molecule has 2 aliphatic heterocycles. The van der Waals surface area contributed by atoms with Gasteiger partial charge in [-0.3, -0.25) is 14.5 Å². The fourth-order valence-electron chi connectivity index (χ4n) is 5.88. The topological polar surface area (TPSA) is 50.5 Å². The van der Waals surface area contributed by atoms with Gasteiger partial charge in [0.15, 0.2) is 5.78 Å². The van der Waals surface area contributed by atoms with Crippen LogP contribution in [0.2, 0.25) is 0 Å². The lowest BCUT2D eigenvalue weighted by molar-refractivity contribution is -0.119. The van der Waals surface area contributed by atoms with Crippen LogP contribution in [0, 0.1) is 12.8 Å². The van der Waals surface area contributed by atoms with E-state index in [2.05, 4.69) is 4.90 Å². The summed E-state index contributed by atoms with van der Waals surface area (Å²) < 4.78 is 5.88. The Balaban J connectivity index is 1.29. The Labute approximate surface area is 162 Å². The quantitative estimate of drug-likeness (QED) is 0.655. The monoisotopic (exact) mass is 371 g/mol. The highest BCUT2D eigenvalue weighted by Gasteiger charge is 2.40. The third kappa shape index (κ3) is 3.91. The molecule has 27 heavy (non-hydrogen) atoms. The summed E-state index contributed by atoms with van der Waals surface area (Å²) in [5.41, 5.74) is 2.11. The Kier molecular flexibility index (Phi) is 5.54. The van der Waals surface area contributed by atoms with Gasteiger partial charge in [-0.15, -0.1) is 0 Å². The number of carbonyl (C=O) groups excluding carboxylic acids is 2. The number of aryl methyl sites for hydroxylation is 2. The average molecular weight is 372 g/mol. The van der Waals surface area contributed by atoms with Crippen LogP contribution in [-0.4, -0.2) is 35.1 Å². The van der Waals surface area contributed by atoms with Crippen LogP contribution < -0.4 is 0 Å². The lowest BCUT2D eigenvalue weighted by Crippen LogP contribution is -2.45. The maximum Gasteiger partial charge on any atom is 0.166 e. The molecule has 4 heteroatoms. The summed E-state index contributed by atoms with van der Waals surface area (Å²) in [4.78, 5) is 26.8. The number of ketones is 2. The molecule has 1 aliphatic carbocycles. The summed E-state index contributed by atoms with van der Waals surface area (Å²) in [6, 6.07) is 1.19. The minimum absolute atomic E-state index is 0.287. The van der Waals surface area contributed by atoms with Gasteiger partial charge < -0.3 is 4.42 Å². The van der Waals surface area contributed by atoms with Crippen molar-refractivity contribution in [2.45, 2.75) is 96.6 Å². The van der Waals surface area contributed by atoms with Gasteiger partial charge in [-0.05, 0) is 77.6 Å². The van der Waals surface area contributed by atoms with E-state index in [1.165, 1.54) is 44.1 Å². The molecule has 0 saturated carbocycles. The highest BCUT2D eigenvalue weighted by molar-refractivity contribution is 5.98. The molecule has 148 valence electrons. The maximum absolute atomic E-state index is 12.8. The van der Waals surface area contributed by atoms with E-state index in [1.54, 1.807) is 6.92 Å². The molecule has 0 radical (unpaired) electrons. The van der Waals surface area contributed by atoms with Gasteiger partial charge >= 0.3 is 0 Å². The number of hydrogen-bond donors (Lipinski definition) is 0. The molecule has 2 saturated heterocycles. The molecule has 0 amide bonds. The maximum atomic E-state index is 12.8. The number of nitrogens with zero attached hydrogens (tertiary/aromatic N) is 1. The lowest BCUT2D eigenvalue weighted by Gasteiger charge is -2.38. The van der Waals surface area contributed by atoms with Crippen molar-refractivity contribution in [2.24, 2.45) is 5.92 Å². The molecule has 4 rings (SSSR count). The zero-order valence-corrected chi connectivity index (χ0v) is 16.9. The fourth-order valence-corrected chi connectivity index (χ4v) is 5.88. The zero-order valence-electron chi connectivity index (χ0n) is 16.9. The highest BCUT2D eigenvalue weighted by atomic mass is 16.3. The Morgan fingerprint density at radius 3 is 2.52 bits per heavy atom. The molecule has 3 heterocycles. The molecular formula is C23H33NO3. The van der Waals surface area contributed by atoms with Crippen molar-refractivity contribution >= 4 is 11.6 Å².